The maximum absolute atomic E-state index is 11.1. The molecule has 0 amide bonds. The van der Waals surface area contributed by atoms with Crippen molar-refractivity contribution in [2.45, 2.75) is 26.7 Å². The first-order valence-corrected chi connectivity index (χ1v) is 7.85. The van der Waals surface area contributed by atoms with E-state index in [0.29, 0.717) is 10.6 Å². The van der Waals surface area contributed by atoms with Crippen LogP contribution in [0, 0.1) is 6.92 Å². The second-order valence-corrected chi connectivity index (χ2v) is 6.08. The molecular formula is C16H20N2O2S. The van der Waals surface area contributed by atoms with E-state index in [2.05, 4.69) is 35.9 Å². The zero-order valence-corrected chi connectivity index (χ0v) is 13.4. The number of hydrogen-bond acceptors (Lipinski definition) is 4. The molecule has 0 aliphatic carbocycles. The molecule has 0 aliphatic rings. The molecule has 21 heavy (non-hydrogen) atoms. The minimum Gasteiger partial charge on any atom is -0.477 e. The largest absolute Gasteiger partial charge is 0.477 e. The molecule has 0 radical (unpaired) electrons. The van der Waals surface area contributed by atoms with Gasteiger partial charge in [0.2, 0.25) is 0 Å². The summed E-state index contributed by atoms with van der Waals surface area (Å²) in [5, 5.41) is 10.0. The molecule has 0 saturated carbocycles. The molecule has 1 heterocycles. The van der Waals surface area contributed by atoms with Crippen molar-refractivity contribution in [1.82, 2.24) is 4.98 Å². The molecule has 0 saturated heterocycles. The number of nitrogens with zero attached hydrogens (tertiary/aromatic N) is 2. The third-order valence-electron chi connectivity index (χ3n) is 3.43. The van der Waals surface area contributed by atoms with E-state index in [1.165, 1.54) is 17.0 Å². The first kappa shape index (κ1) is 15.5. The van der Waals surface area contributed by atoms with Crippen LogP contribution in [0.3, 0.4) is 0 Å². The van der Waals surface area contributed by atoms with Crippen molar-refractivity contribution < 1.29 is 9.90 Å². The number of aryl methyl sites for hydroxylation is 1. The monoisotopic (exact) mass is 304 g/mol. The minimum atomic E-state index is -0.890. The lowest BCUT2D eigenvalue weighted by molar-refractivity contribution is 0.0701. The number of anilines is 1. The second kappa shape index (κ2) is 6.72. The second-order valence-electron chi connectivity index (χ2n) is 5.05. The van der Waals surface area contributed by atoms with E-state index in [-0.39, 0.29) is 5.92 Å². The summed E-state index contributed by atoms with van der Waals surface area (Å²) in [6.07, 6.45) is 0. The van der Waals surface area contributed by atoms with Gasteiger partial charge in [0.25, 0.3) is 0 Å². The standard InChI is InChI=1S/C16H20N2O2S/c1-4-18(13-8-6-5-7-9-13)10-11(2)15-17-12(3)14(21-15)16(19)20/h5-9,11H,4,10H2,1-3H3,(H,19,20). The maximum atomic E-state index is 11.1. The van der Waals surface area contributed by atoms with Crippen LogP contribution in [-0.2, 0) is 0 Å². The van der Waals surface area contributed by atoms with Crippen molar-refractivity contribution in [3.8, 4) is 0 Å². The fourth-order valence-corrected chi connectivity index (χ4v) is 3.24. The van der Waals surface area contributed by atoms with E-state index < -0.39 is 5.97 Å². The summed E-state index contributed by atoms with van der Waals surface area (Å²) in [4.78, 5) is 18.2. The summed E-state index contributed by atoms with van der Waals surface area (Å²) in [5.74, 6) is -0.694. The lowest BCUT2D eigenvalue weighted by Gasteiger charge is -2.25. The van der Waals surface area contributed by atoms with E-state index in [1.54, 1.807) is 6.92 Å². The molecular weight excluding hydrogens is 284 g/mol. The van der Waals surface area contributed by atoms with Gasteiger partial charge in [-0.15, -0.1) is 11.3 Å². The van der Waals surface area contributed by atoms with Gasteiger partial charge in [-0.2, -0.15) is 0 Å². The highest BCUT2D eigenvalue weighted by atomic mass is 32.1. The highest BCUT2D eigenvalue weighted by Gasteiger charge is 2.19. The molecule has 2 aromatic rings. The van der Waals surface area contributed by atoms with Gasteiger partial charge in [-0.3, -0.25) is 0 Å². The zero-order valence-electron chi connectivity index (χ0n) is 12.5. The van der Waals surface area contributed by atoms with Crippen LogP contribution in [-0.4, -0.2) is 29.1 Å². The van der Waals surface area contributed by atoms with Crippen LogP contribution in [0.4, 0.5) is 5.69 Å². The summed E-state index contributed by atoms with van der Waals surface area (Å²) in [6.45, 7) is 7.70. The van der Waals surface area contributed by atoms with E-state index in [0.717, 1.165) is 18.1 Å². The van der Waals surface area contributed by atoms with E-state index in [9.17, 15) is 4.79 Å². The lowest BCUT2D eigenvalue weighted by atomic mass is 10.1. The number of benzene rings is 1. The molecule has 5 heteroatoms. The molecule has 1 unspecified atom stereocenters. The molecule has 0 aliphatic heterocycles. The summed E-state index contributed by atoms with van der Waals surface area (Å²) >= 11 is 1.29. The highest BCUT2D eigenvalue weighted by molar-refractivity contribution is 7.13. The van der Waals surface area contributed by atoms with Crippen LogP contribution in [0.1, 0.15) is 40.1 Å². The number of carbonyl (C=O) groups is 1. The Morgan fingerprint density at radius 2 is 2.05 bits per heavy atom. The Morgan fingerprint density at radius 3 is 2.57 bits per heavy atom. The van der Waals surface area contributed by atoms with Crippen molar-refractivity contribution in [2.75, 3.05) is 18.0 Å². The van der Waals surface area contributed by atoms with Gasteiger partial charge in [-0.05, 0) is 26.0 Å². The molecule has 1 aromatic heterocycles. The predicted octanol–water partition coefficient (Wildman–Crippen LogP) is 3.78. The zero-order chi connectivity index (χ0) is 15.4. The average Bonchev–Trinajstić information content (AvgIpc) is 2.87. The summed E-state index contributed by atoms with van der Waals surface area (Å²) in [5.41, 5.74) is 1.79. The number of rotatable bonds is 6. The molecule has 1 atom stereocenters. The Morgan fingerprint density at radius 1 is 1.38 bits per heavy atom. The van der Waals surface area contributed by atoms with Gasteiger partial charge in [0.05, 0.1) is 10.7 Å². The lowest BCUT2D eigenvalue weighted by Crippen LogP contribution is -2.27. The fourth-order valence-electron chi connectivity index (χ4n) is 2.29. The number of para-hydroxylation sites is 1. The number of carboxylic acids is 1. The SMILES string of the molecule is CCN(CC(C)c1nc(C)c(C(=O)O)s1)c1ccccc1. The first-order chi connectivity index (χ1) is 10.0. The number of aromatic carboxylic acids is 1. The van der Waals surface area contributed by atoms with Crippen LogP contribution >= 0.6 is 11.3 Å². The van der Waals surface area contributed by atoms with Gasteiger partial charge in [0, 0.05) is 24.7 Å². The molecule has 1 aromatic carbocycles. The molecule has 0 bridgehead atoms. The van der Waals surface area contributed by atoms with Crippen molar-refractivity contribution in [3.05, 3.63) is 45.9 Å². The number of aromatic nitrogens is 1. The van der Waals surface area contributed by atoms with Crippen LogP contribution < -0.4 is 4.90 Å². The Balaban J connectivity index is 2.15. The molecule has 1 N–H and O–H groups in total. The minimum absolute atomic E-state index is 0.196. The summed E-state index contributed by atoms with van der Waals surface area (Å²) in [6, 6.07) is 10.2. The number of thiazole rings is 1. The van der Waals surface area contributed by atoms with Crippen LogP contribution in [0.2, 0.25) is 0 Å². The van der Waals surface area contributed by atoms with Gasteiger partial charge in [0.15, 0.2) is 0 Å². The van der Waals surface area contributed by atoms with Crippen LogP contribution in [0.25, 0.3) is 0 Å². The Kier molecular flexibility index (Phi) is 4.96. The Hall–Kier alpha value is -1.88. The predicted molar refractivity (Wildman–Crippen MR) is 86.6 cm³/mol. The van der Waals surface area contributed by atoms with Crippen LogP contribution in [0.15, 0.2) is 30.3 Å². The molecule has 4 nitrogen and oxygen atoms in total. The van der Waals surface area contributed by atoms with E-state index in [4.69, 9.17) is 5.11 Å². The van der Waals surface area contributed by atoms with Crippen molar-refractivity contribution in [2.24, 2.45) is 0 Å². The van der Waals surface area contributed by atoms with Gasteiger partial charge >= 0.3 is 5.97 Å². The van der Waals surface area contributed by atoms with E-state index in [1.807, 2.05) is 18.2 Å². The summed E-state index contributed by atoms with van der Waals surface area (Å²) in [7, 11) is 0. The van der Waals surface area contributed by atoms with Crippen molar-refractivity contribution in [1.29, 1.82) is 0 Å². The first-order valence-electron chi connectivity index (χ1n) is 7.03. The fraction of sp³-hybridized carbons (Fsp3) is 0.375. The molecule has 112 valence electrons. The Bertz CT molecular complexity index is 610. The van der Waals surface area contributed by atoms with Crippen molar-refractivity contribution >= 4 is 23.0 Å². The number of carboxylic acid groups (broad SMARTS) is 1. The number of likely N-dealkylation sites (N-methyl/N-ethyl adjacent to an activating group) is 1. The quantitative estimate of drug-likeness (QED) is 0.882. The third kappa shape index (κ3) is 3.61. The molecule has 0 spiro atoms. The average molecular weight is 304 g/mol. The summed E-state index contributed by atoms with van der Waals surface area (Å²) < 4.78 is 0. The molecule has 0 fully saturated rings. The smallest absolute Gasteiger partial charge is 0.347 e. The third-order valence-corrected chi connectivity index (χ3v) is 4.80. The topological polar surface area (TPSA) is 53.4 Å². The van der Waals surface area contributed by atoms with Crippen LogP contribution in [0.5, 0.6) is 0 Å². The van der Waals surface area contributed by atoms with Gasteiger partial charge in [-0.25, -0.2) is 9.78 Å². The maximum Gasteiger partial charge on any atom is 0.347 e. The van der Waals surface area contributed by atoms with Gasteiger partial charge < -0.3 is 10.0 Å². The van der Waals surface area contributed by atoms with Crippen molar-refractivity contribution in [3.63, 3.8) is 0 Å². The number of hydrogen-bond donors (Lipinski definition) is 1. The Labute approximate surface area is 129 Å². The molecule has 2 rings (SSSR count). The van der Waals surface area contributed by atoms with E-state index >= 15 is 0 Å². The van der Waals surface area contributed by atoms with Gasteiger partial charge in [0.1, 0.15) is 4.88 Å². The van der Waals surface area contributed by atoms with Gasteiger partial charge in [-0.1, -0.05) is 25.1 Å². The normalized spacial score (nSPS) is 12.1. The highest BCUT2D eigenvalue weighted by Crippen LogP contribution is 2.27.